The van der Waals surface area contributed by atoms with Crippen molar-refractivity contribution in [1.29, 1.82) is 0 Å². The molecule has 0 aromatic heterocycles. The Kier molecular flexibility index (Phi) is 9.14. The molecule has 1 aromatic rings. The maximum atomic E-state index is 12.7. The summed E-state index contributed by atoms with van der Waals surface area (Å²) in [5.74, 6) is -0.214. The van der Waals surface area contributed by atoms with Crippen molar-refractivity contribution in [1.82, 2.24) is 5.32 Å². The van der Waals surface area contributed by atoms with Gasteiger partial charge in [0.2, 0.25) is 5.91 Å². The number of alkyl carbamates (subject to hydrolysis) is 1. The highest BCUT2D eigenvalue weighted by atomic mass is 16.6. The van der Waals surface area contributed by atoms with Crippen LogP contribution in [0.4, 0.5) is 10.5 Å². The molecule has 2 N–H and O–H groups in total. The lowest BCUT2D eigenvalue weighted by Crippen LogP contribution is -2.56. The third-order valence-corrected chi connectivity index (χ3v) is 8.12. The van der Waals surface area contributed by atoms with Crippen LogP contribution in [-0.4, -0.2) is 67.6 Å². The van der Waals surface area contributed by atoms with E-state index >= 15 is 0 Å². The summed E-state index contributed by atoms with van der Waals surface area (Å²) in [7, 11) is 1.67. The number of ketones is 1. The molecule has 1 spiro atoms. The van der Waals surface area contributed by atoms with Gasteiger partial charge in [-0.1, -0.05) is 23.8 Å². The van der Waals surface area contributed by atoms with E-state index in [2.05, 4.69) is 37.5 Å². The van der Waals surface area contributed by atoms with Gasteiger partial charge < -0.3 is 34.4 Å². The second-order valence-corrected chi connectivity index (χ2v) is 11.4. The molecule has 1 saturated carbocycles. The number of anilines is 1. The highest BCUT2D eigenvalue weighted by Gasteiger charge is 2.72. The maximum absolute atomic E-state index is 12.7. The van der Waals surface area contributed by atoms with Gasteiger partial charge in [0.15, 0.2) is 0 Å². The van der Waals surface area contributed by atoms with E-state index < -0.39 is 6.09 Å². The summed E-state index contributed by atoms with van der Waals surface area (Å²) < 4.78 is 24.0. The van der Waals surface area contributed by atoms with Gasteiger partial charge in [0.05, 0.1) is 18.6 Å². The molecule has 9 nitrogen and oxygen atoms in total. The molecule has 2 amide bonds. The molecular weight excluding hydrogens is 500 g/mol. The Hall–Kier alpha value is -2.75. The van der Waals surface area contributed by atoms with Crippen molar-refractivity contribution in [3.05, 3.63) is 41.5 Å². The SMILES string of the molecule is CO[C@H]1[C@H](C2(C)O[C@@H]2CC=C(C)C)[C@]2(CC[C@H]1OC(=O)NCCc1ccc(NC(=O)CCC(C)=O)cc1)CO2. The van der Waals surface area contributed by atoms with Gasteiger partial charge in [0.1, 0.15) is 29.2 Å². The molecule has 2 aliphatic heterocycles. The van der Waals surface area contributed by atoms with E-state index in [0.29, 0.717) is 31.7 Å². The zero-order valence-electron chi connectivity index (χ0n) is 23.7. The summed E-state index contributed by atoms with van der Waals surface area (Å²) >= 11 is 0. The van der Waals surface area contributed by atoms with E-state index in [4.69, 9.17) is 18.9 Å². The molecule has 2 saturated heterocycles. The Morgan fingerprint density at radius 3 is 2.46 bits per heavy atom. The van der Waals surface area contributed by atoms with Crippen molar-refractivity contribution in [3.63, 3.8) is 0 Å². The van der Waals surface area contributed by atoms with Gasteiger partial charge in [0, 0.05) is 32.2 Å². The molecule has 3 fully saturated rings. The number of nitrogens with one attached hydrogen (secondary N) is 2. The van der Waals surface area contributed by atoms with Gasteiger partial charge in [-0.05, 0) is 71.1 Å². The monoisotopic (exact) mass is 542 g/mol. The first-order valence-electron chi connectivity index (χ1n) is 13.9. The third kappa shape index (κ3) is 7.26. The standard InChI is InChI=1S/C30H42N2O7/c1-19(2)6-12-24-29(4,39-24)27-26(36-5)23(14-16-30(27)18-37-30)38-28(35)31-17-15-21-8-10-22(11-9-21)32-25(34)13-7-20(3)33/h6,8-11,23-24,26-27H,7,12-18H2,1-5H3,(H,31,35)(H,32,34)/t23-,24-,26-,27-,29?,30+/m1/s1. The molecule has 214 valence electrons. The molecule has 0 bridgehead atoms. The number of rotatable bonds is 12. The van der Waals surface area contributed by atoms with Crippen LogP contribution in [0.1, 0.15) is 65.4 Å². The van der Waals surface area contributed by atoms with Crippen LogP contribution in [0.15, 0.2) is 35.9 Å². The first kappa shape index (κ1) is 29.2. The smallest absolute Gasteiger partial charge is 0.407 e. The van der Waals surface area contributed by atoms with Gasteiger partial charge in [-0.2, -0.15) is 0 Å². The quantitative estimate of drug-likeness (QED) is 0.298. The molecule has 0 radical (unpaired) electrons. The van der Waals surface area contributed by atoms with E-state index in [1.54, 1.807) is 7.11 Å². The fraction of sp³-hybridized carbons (Fsp3) is 0.633. The minimum absolute atomic E-state index is 0.0107. The minimum atomic E-state index is -0.467. The third-order valence-electron chi connectivity index (χ3n) is 8.12. The van der Waals surface area contributed by atoms with Crippen LogP contribution in [0.2, 0.25) is 0 Å². The normalized spacial score (nSPS) is 30.8. The second-order valence-electron chi connectivity index (χ2n) is 11.4. The zero-order chi connectivity index (χ0) is 28.2. The lowest BCUT2D eigenvalue weighted by atomic mass is 9.68. The van der Waals surface area contributed by atoms with Crippen molar-refractivity contribution in [2.24, 2.45) is 5.92 Å². The summed E-state index contributed by atoms with van der Waals surface area (Å²) in [6.45, 7) is 8.86. The Morgan fingerprint density at radius 2 is 1.85 bits per heavy atom. The number of ether oxygens (including phenoxy) is 4. The number of allylic oxidation sites excluding steroid dienone is 1. The number of methoxy groups -OCH3 is 1. The highest BCUT2D eigenvalue weighted by Crippen LogP contribution is 2.59. The number of amides is 2. The molecule has 1 aliphatic carbocycles. The Bertz CT molecular complexity index is 1080. The minimum Gasteiger partial charge on any atom is -0.443 e. The predicted octanol–water partition coefficient (Wildman–Crippen LogP) is 4.34. The summed E-state index contributed by atoms with van der Waals surface area (Å²) in [5.41, 5.74) is 2.31. The molecule has 1 aromatic carbocycles. The van der Waals surface area contributed by atoms with Crippen molar-refractivity contribution < 1.29 is 33.3 Å². The van der Waals surface area contributed by atoms with Crippen molar-refractivity contribution >= 4 is 23.5 Å². The van der Waals surface area contributed by atoms with Gasteiger partial charge >= 0.3 is 6.09 Å². The van der Waals surface area contributed by atoms with E-state index in [9.17, 15) is 14.4 Å². The van der Waals surface area contributed by atoms with E-state index in [-0.39, 0.29) is 60.0 Å². The van der Waals surface area contributed by atoms with E-state index in [1.807, 2.05) is 24.3 Å². The summed E-state index contributed by atoms with van der Waals surface area (Å²) in [5, 5.41) is 5.64. The van der Waals surface area contributed by atoms with Crippen molar-refractivity contribution in [2.45, 2.75) is 95.7 Å². The molecule has 2 heterocycles. The molecule has 6 atom stereocenters. The van der Waals surface area contributed by atoms with Crippen LogP contribution in [0.25, 0.3) is 0 Å². The second kappa shape index (κ2) is 12.2. The number of carbonyl (C=O) groups is 3. The fourth-order valence-corrected chi connectivity index (χ4v) is 5.83. The number of benzene rings is 1. The van der Waals surface area contributed by atoms with Gasteiger partial charge in [-0.3, -0.25) is 4.79 Å². The highest BCUT2D eigenvalue weighted by molar-refractivity contribution is 5.93. The average molecular weight is 543 g/mol. The molecule has 39 heavy (non-hydrogen) atoms. The van der Waals surface area contributed by atoms with Crippen molar-refractivity contribution in [2.75, 3.05) is 25.6 Å². The average Bonchev–Trinajstić information content (AvgIpc) is 3.80. The topological polar surface area (TPSA) is 119 Å². The van der Waals surface area contributed by atoms with Gasteiger partial charge in [-0.25, -0.2) is 4.79 Å². The number of hydrogen-bond acceptors (Lipinski definition) is 7. The largest absolute Gasteiger partial charge is 0.443 e. The maximum Gasteiger partial charge on any atom is 0.407 e. The fourth-order valence-electron chi connectivity index (χ4n) is 5.83. The first-order chi connectivity index (χ1) is 18.6. The van der Waals surface area contributed by atoms with E-state index in [1.165, 1.54) is 12.5 Å². The first-order valence-corrected chi connectivity index (χ1v) is 13.9. The Balaban J connectivity index is 1.26. The predicted molar refractivity (Wildman–Crippen MR) is 146 cm³/mol. The molecular formula is C30H42N2O7. The number of carbonyl (C=O) groups excluding carboxylic acids is 3. The van der Waals surface area contributed by atoms with Gasteiger partial charge in [0.25, 0.3) is 0 Å². The van der Waals surface area contributed by atoms with Crippen LogP contribution in [0.3, 0.4) is 0 Å². The van der Waals surface area contributed by atoms with Crippen LogP contribution >= 0.6 is 0 Å². The number of epoxide rings is 2. The Morgan fingerprint density at radius 1 is 1.13 bits per heavy atom. The number of hydrogen-bond donors (Lipinski definition) is 2. The van der Waals surface area contributed by atoms with Crippen molar-refractivity contribution in [3.8, 4) is 0 Å². The summed E-state index contributed by atoms with van der Waals surface area (Å²) in [6.07, 6.45) is 4.49. The molecule has 1 unspecified atom stereocenters. The zero-order valence-corrected chi connectivity index (χ0v) is 23.7. The molecule has 3 aliphatic rings. The van der Waals surface area contributed by atoms with Gasteiger partial charge in [-0.15, -0.1) is 0 Å². The van der Waals surface area contributed by atoms with Crippen LogP contribution in [0, 0.1) is 5.92 Å². The lowest BCUT2D eigenvalue weighted by Gasteiger charge is -2.42. The van der Waals surface area contributed by atoms with Crippen LogP contribution < -0.4 is 10.6 Å². The summed E-state index contributed by atoms with van der Waals surface area (Å²) in [6, 6.07) is 7.42. The van der Waals surface area contributed by atoms with Crippen LogP contribution in [0.5, 0.6) is 0 Å². The summed E-state index contributed by atoms with van der Waals surface area (Å²) in [4.78, 5) is 35.6. The lowest BCUT2D eigenvalue weighted by molar-refractivity contribution is -0.121. The number of Topliss-reactive ketones (excluding diaryl/α,β-unsaturated/α-hetero) is 1. The molecule has 4 rings (SSSR count). The van der Waals surface area contributed by atoms with Crippen LogP contribution in [-0.2, 0) is 35.0 Å². The molecule has 9 heteroatoms. The van der Waals surface area contributed by atoms with E-state index in [0.717, 1.165) is 18.4 Å². The Labute approximate surface area is 231 Å².